The number of hydrogen-bond donors (Lipinski definition) is 1. The van der Waals surface area contributed by atoms with Gasteiger partial charge in [-0.2, -0.15) is 0 Å². The average Bonchev–Trinajstić information content (AvgIpc) is 2.89. The minimum absolute atomic E-state index is 0.00771. The van der Waals surface area contributed by atoms with E-state index in [1.54, 1.807) is 4.90 Å². The number of ether oxygens (including phenoxy) is 1. The fourth-order valence-corrected chi connectivity index (χ4v) is 4.37. The Kier molecular flexibility index (Phi) is 10.6. The first-order chi connectivity index (χ1) is 17.7. The van der Waals surface area contributed by atoms with E-state index >= 15 is 0 Å². The molecule has 0 saturated carbocycles. The van der Waals surface area contributed by atoms with Crippen LogP contribution in [0.15, 0.2) is 71.2 Å². The Balaban J connectivity index is 1.92. The Morgan fingerprint density at radius 2 is 1.62 bits per heavy atom. The Hall–Kier alpha value is -2.83. The molecule has 0 aliphatic heterocycles. The molecule has 0 aliphatic carbocycles. The third-order valence-electron chi connectivity index (χ3n) is 6.31. The lowest BCUT2D eigenvalue weighted by atomic mass is 10.0. The van der Waals surface area contributed by atoms with Crippen molar-refractivity contribution in [2.24, 2.45) is 0 Å². The highest BCUT2D eigenvalue weighted by atomic mass is 79.9. The van der Waals surface area contributed by atoms with Crippen LogP contribution in [0.3, 0.4) is 0 Å². The van der Waals surface area contributed by atoms with Crippen LogP contribution in [0.25, 0.3) is 0 Å². The molecule has 7 heteroatoms. The molecule has 0 saturated heterocycles. The van der Waals surface area contributed by atoms with Crippen LogP contribution in [-0.4, -0.2) is 35.4 Å². The number of benzene rings is 3. The number of nitrogens with zero attached hydrogens (tertiary/aromatic N) is 1. The van der Waals surface area contributed by atoms with Crippen LogP contribution in [0.2, 0.25) is 5.02 Å². The molecule has 0 radical (unpaired) electrons. The van der Waals surface area contributed by atoms with Crippen LogP contribution in [0.1, 0.15) is 42.5 Å². The normalized spacial score (nSPS) is 12.5. The Morgan fingerprint density at radius 3 is 2.22 bits per heavy atom. The summed E-state index contributed by atoms with van der Waals surface area (Å²) in [6.07, 6.45) is 1.19. The van der Waals surface area contributed by atoms with E-state index in [0.717, 1.165) is 33.1 Å². The molecule has 0 aromatic heterocycles. The topological polar surface area (TPSA) is 58.6 Å². The monoisotopic (exact) mass is 584 g/mol. The molecule has 0 spiro atoms. The summed E-state index contributed by atoms with van der Waals surface area (Å²) in [5, 5.41) is 3.76. The summed E-state index contributed by atoms with van der Waals surface area (Å²) >= 11 is 9.76. The minimum atomic E-state index is -0.704. The molecule has 5 nitrogen and oxygen atoms in total. The Labute approximate surface area is 233 Å². The van der Waals surface area contributed by atoms with Gasteiger partial charge in [-0.3, -0.25) is 9.59 Å². The summed E-state index contributed by atoms with van der Waals surface area (Å²) in [6.45, 7) is 7.87. The van der Waals surface area contributed by atoms with E-state index in [1.807, 2.05) is 94.4 Å². The van der Waals surface area contributed by atoms with E-state index < -0.39 is 6.04 Å². The molecule has 0 heterocycles. The predicted octanol–water partition coefficient (Wildman–Crippen LogP) is 6.65. The second-order valence-electron chi connectivity index (χ2n) is 9.33. The maximum absolute atomic E-state index is 13.7. The summed E-state index contributed by atoms with van der Waals surface area (Å²) in [7, 11) is 0. The molecule has 2 amide bonds. The van der Waals surface area contributed by atoms with Crippen LogP contribution in [0, 0.1) is 13.8 Å². The maximum atomic E-state index is 13.7. The van der Waals surface area contributed by atoms with Crippen molar-refractivity contribution in [1.29, 1.82) is 0 Å². The van der Waals surface area contributed by atoms with E-state index in [9.17, 15) is 9.59 Å². The zero-order valence-electron chi connectivity index (χ0n) is 21.8. The van der Waals surface area contributed by atoms with E-state index in [2.05, 4.69) is 21.2 Å². The number of carbonyl (C=O) groups excluding carboxylic acids is 2. The van der Waals surface area contributed by atoms with Crippen molar-refractivity contribution < 1.29 is 14.3 Å². The van der Waals surface area contributed by atoms with Crippen molar-refractivity contribution in [3.8, 4) is 5.75 Å². The molecule has 0 aliphatic rings. The summed E-state index contributed by atoms with van der Waals surface area (Å²) in [6, 6.07) is 20.4. The summed E-state index contributed by atoms with van der Waals surface area (Å²) < 4.78 is 6.86. The highest BCUT2D eigenvalue weighted by Crippen LogP contribution is 2.26. The van der Waals surface area contributed by atoms with E-state index in [0.29, 0.717) is 17.2 Å². The molecule has 0 bridgehead atoms. The molecule has 0 unspecified atom stereocenters. The molecule has 37 heavy (non-hydrogen) atoms. The Morgan fingerprint density at radius 1 is 1.00 bits per heavy atom. The number of aryl methyl sites for hydroxylation is 2. The number of rotatable bonds is 11. The van der Waals surface area contributed by atoms with E-state index in [4.69, 9.17) is 16.3 Å². The highest BCUT2D eigenvalue weighted by molar-refractivity contribution is 9.10. The molecular weight excluding hydrogens is 552 g/mol. The summed E-state index contributed by atoms with van der Waals surface area (Å²) in [4.78, 5) is 28.9. The van der Waals surface area contributed by atoms with Crippen molar-refractivity contribution in [2.75, 3.05) is 6.61 Å². The van der Waals surface area contributed by atoms with Gasteiger partial charge in [0.05, 0.1) is 0 Å². The van der Waals surface area contributed by atoms with Gasteiger partial charge in [0, 0.05) is 28.5 Å². The van der Waals surface area contributed by atoms with Crippen molar-refractivity contribution in [3.63, 3.8) is 0 Å². The fourth-order valence-electron chi connectivity index (χ4n) is 4.00. The first-order valence-corrected chi connectivity index (χ1v) is 13.6. The van der Waals surface area contributed by atoms with Gasteiger partial charge >= 0.3 is 0 Å². The van der Waals surface area contributed by atoms with E-state index in [1.165, 1.54) is 0 Å². The van der Waals surface area contributed by atoms with Gasteiger partial charge in [-0.05, 0) is 73.7 Å². The van der Waals surface area contributed by atoms with Gasteiger partial charge in [-0.1, -0.05) is 76.9 Å². The molecule has 3 aromatic carbocycles. The van der Waals surface area contributed by atoms with Gasteiger partial charge in [0.2, 0.25) is 5.91 Å². The maximum Gasteiger partial charge on any atom is 0.261 e. The SMILES string of the molecule is CC[C@H](C)NC(=O)[C@@H](Cc1ccccc1)N(Cc1ccc(Br)cc1)C(=O)COc1cc(C)c(Cl)c(C)c1. The van der Waals surface area contributed by atoms with Gasteiger partial charge < -0.3 is 15.0 Å². The molecule has 3 aromatic rings. The van der Waals surface area contributed by atoms with Gasteiger partial charge in [0.25, 0.3) is 5.91 Å². The standard InChI is InChI=1S/C30H34BrClN2O3/c1-5-22(4)33-30(36)27(17-23-9-7-6-8-10-23)34(18-24-11-13-25(31)14-12-24)28(35)19-37-26-15-20(2)29(32)21(3)16-26/h6-16,22,27H,5,17-19H2,1-4H3,(H,33,36)/t22-,27+/m0/s1. The third kappa shape index (κ3) is 8.34. The summed E-state index contributed by atoms with van der Waals surface area (Å²) in [5.74, 6) is 0.121. The smallest absolute Gasteiger partial charge is 0.261 e. The van der Waals surface area contributed by atoms with Crippen LogP contribution >= 0.6 is 27.5 Å². The van der Waals surface area contributed by atoms with Gasteiger partial charge in [-0.25, -0.2) is 0 Å². The first-order valence-electron chi connectivity index (χ1n) is 12.5. The lowest BCUT2D eigenvalue weighted by Gasteiger charge is -2.32. The number of amides is 2. The van der Waals surface area contributed by atoms with Gasteiger partial charge in [0.15, 0.2) is 6.61 Å². The van der Waals surface area contributed by atoms with Crippen LogP contribution in [-0.2, 0) is 22.6 Å². The second kappa shape index (κ2) is 13.6. The lowest BCUT2D eigenvalue weighted by Crippen LogP contribution is -2.53. The number of hydrogen-bond acceptors (Lipinski definition) is 3. The third-order valence-corrected chi connectivity index (χ3v) is 7.44. The van der Waals surface area contributed by atoms with Gasteiger partial charge in [-0.15, -0.1) is 0 Å². The molecule has 2 atom stereocenters. The predicted molar refractivity (Wildman–Crippen MR) is 153 cm³/mol. The highest BCUT2D eigenvalue weighted by Gasteiger charge is 2.31. The first kappa shape index (κ1) is 28.7. The van der Waals surface area contributed by atoms with Crippen molar-refractivity contribution in [1.82, 2.24) is 10.2 Å². The largest absolute Gasteiger partial charge is 0.484 e. The quantitative estimate of drug-likeness (QED) is 0.274. The van der Waals surface area contributed by atoms with Gasteiger partial charge in [0.1, 0.15) is 11.8 Å². The van der Waals surface area contributed by atoms with Crippen LogP contribution < -0.4 is 10.1 Å². The van der Waals surface area contributed by atoms with Crippen molar-refractivity contribution in [2.45, 2.75) is 59.2 Å². The summed E-state index contributed by atoms with van der Waals surface area (Å²) in [5.41, 5.74) is 3.66. The van der Waals surface area contributed by atoms with Crippen molar-refractivity contribution in [3.05, 3.63) is 98.5 Å². The number of carbonyl (C=O) groups is 2. The zero-order valence-corrected chi connectivity index (χ0v) is 24.1. The molecular formula is C30H34BrClN2O3. The number of halogens is 2. The van der Waals surface area contributed by atoms with Crippen LogP contribution in [0.5, 0.6) is 5.75 Å². The fraction of sp³-hybridized carbons (Fsp3) is 0.333. The molecule has 1 N–H and O–H groups in total. The average molecular weight is 586 g/mol. The lowest BCUT2D eigenvalue weighted by molar-refractivity contribution is -0.143. The second-order valence-corrected chi connectivity index (χ2v) is 10.6. The van der Waals surface area contributed by atoms with E-state index in [-0.39, 0.29) is 31.0 Å². The molecule has 3 rings (SSSR count). The number of nitrogens with one attached hydrogen (secondary N) is 1. The van der Waals surface area contributed by atoms with Crippen molar-refractivity contribution >= 4 is 39.3 Å². The van der Waals surface area contributed by atoms with Crippen LogP contribution in [0.4, 0.5) is 0 Å². The molecule has 0 fully saturated rings. The minimum Gasteiger partial charge on any atom is -0.484 e. The molecule has 196 valence electrons. The Bertz CT molecular complexity index is 1180. The zero-order chi connectivity index (χ0) is 26.9.